The maximum absolute atomic E-state index is 12.9. The highest BCUT2D eigenvalue weighted by Gasteiger charge is 2.30. The summed E-state index contributed by atoms with van der Waals surface area (Å²) < 4.78 is 5.84. The van der Waals surface area contributed by atoms with Crippen LogP contribution in [-0.4, -0.2) is 29.6 Å². The van der Waals surface area contributed by atoms with Gasteiger partial charge in [-0.1, -0.05) is 48.0 Å². The first kappa shape index (κ1) is 19.3. The van der Waals surface area contributed by atoms with Crippen LogP contribution in [0.4, 0.5) is 5.69 Å². The molecule has 0 saturated carbocycles. The standard InChI is InChI=1S/C24H22N2O2S/c1-4-28-21-14-11-17-7-5-6-8-19(17)20(21)15-22-23(27)26(3)24(29-22)25-18-12-9-16(2)10-13-18/h5-15H,4H2,1-3H3/b22-15+,25-24?. The van der Waals surface area contributed by atoms with Crippen molar-refractivity contribution in [1.29, 1.82) is 0 Å². The van der Waals surface area contributed by atoms with Gasteiger partial charge in [0.05, 0.1) is 17.2 Å². The van der Waals surface area contributed by atoms with E-state index in [2.05, 4.69) is 17.1 Å². The molecule has 1 aliphatic heterocycles. The third-order valence-corrected chi connectivity index (χ3v) is 5.83. The van der Waals surface area contributed by atoms with Crippen LogP contribution in [0.1, 0.15) is 18.1 Å². The van der Waals surface area contributed by atoms with Crippen LogP contribution in [0, 0.1) is 6.92 Å². The summed E-state index contributed by atoms with van der Waals surface area (Å²) >= 11 is 1.39. The van der Waals surface area contributed by atoms with E-state index in [1.54, 1.807) is 11.9 Å². The fraction of sp³-hybridized carbons (Fsp3) is 0.167. The first-order valence-electron chi connectivity index (χ1n) is 9.54. The van der Waals surface area contributed by atoms with E-state index in [1.165, 1.54) is 17.3 Å². The average molecular weight is 403 g/mol. The van der Waals surface area contributed by atoms with Crippen LogP contribution in [0.5, 0.6) is 5.75 Å². The molecule has 0 bridgehead atoms. The number of aryl methyl sites for hydroxylation is 1. The largest absolute Gasteiger partial charge is 0.493 e. The number of thioether (sulfide) groups is 1. The van der Waals surface area contributed by atoms with Crippen molar-refractivity contribution in [2.45, 2.75) is 13.8 Å². The summed E-state index contributed by atoms with van der Waals surface area (Å²) in [7, 11) is 1.76. The number of rotatable bonds is 4. The third-order valence-electron chi connectivity index (χ3n) is 4.77. The summed E-state index contributed by atoms with van der Waals surface area (Å²) in [6.45, 7) is 4.56. The number of amides is 1. The van der Waals surface area contributed by atoms with Crippen molar-refractivity contribution in [2.24, 2.45) is 4.99 Å². The van der Waals surface area contributed by atoms with Gasteiger partial charge in [0, 0.05) is 12.6 Å². The fourth-order valence-corrected chi connectivity index (χ4v) is 4.19. The number of amidine groups is 1. The zero-order chi connectivity index (χ0) is 20.4. The van der Waals surface area contributed by atoms with Gasteiger partial charge in [0.15, 0.2) is 5.17 Å². The summed E-state index contributed by atoms with van der Waals surface area (Å²) in [4.78, 5) is 19.8. The molecule has 0 aliphatic carbocycles. The molecular weight excluding hydrogens is 380 g/mol. The molecule has 1 amide bonds. The molecule has 0 atom stereocenters. The van der Waals surface area contributed by atoms with Crippen LogP contribution < -0.4 is 4.74 Å². The summed E-state index contributed by atoms with van der Waals surface area (Å²) in [6.07, 6.45) is 1.93. The van der Waals surface area contributed by atoms with Crippen LogP contribution in [0.3, 0.4) is 0 Å². The van der Waals surface area contributed by atoms with Gasteiger partial charge in [-0.25, -0.2) is 4.99 Å². The molecule has 0 spiro atoms. The average Bonchev–Trinajstić information content (AvgIpc) is 2.99. The zero-order valence-corrected chi connectivity index (χ0v) is 17.5. The van der Waals surface area contributed by atoms with Gasteiger partial charge < -0.3 is 4.74 Å². The number of hydrogen-bond donors (Lipinski definition) is 0. The maximum atomic E-state index is 12.9. The Morgan fingerprint density at radius 2 is 1.83 bits per heavy atom. The lowest BCUT2D eigenvalue weighted by molar-refractivity contribution is -0.121. The predicted octanol–water partition coefficient (Wildman–Crippen LogP) is 5.78. The zero-order valence-electron chi connectivity index (χ0n) is 16.7. The van der Waals surface area contributed by atoms with Crippen LogP contribution in [0.2, 0.25) is 0 Å². The SMILES string of the molecule is CCOc1ccc2ccccc2c1/C=C1/SC(=Nc2ccc(C)cc2)N(C)C1=O. The summed E-state index contributed by atoms with van der Waals surface area (Å²) in [6, 6.07) is 20.1. The van der Waals surface area contributed by atoms with E-state index in [0.717, 1.165) is 27.8 Å². The van der Waals surface area contributed by atoms with Crippen LogP contribution in [0.15, 0.2) is 70.6 Å². The number of carbonyl (C=O) groups is 1. The first-order chi connectivity index (χ1) is 14.1. The van der Waals surface area contributed by atoms with Gasteiger partial charge in [-0.3, -0.25) is 9.69 Å². The monoisotopic (exact) mass is 402 g/mol. The molecule has 1 saturated heterocycles. The van der Waals surface area contributed by atoms with E-state index in [0.29, 0.717) is 16.7 Å². The van der Waals surface area contributed by atoms with E-state index in [-0.39, 0.29) is 5.91 Å². The highest BCUT2D eigenvalue weighted by Crippen LogP contribution is 2.37. The summed E-state index contributed by atoms with van der Waals surface area (Å²) in [5.41, 5.74) is 2.93. The van der Waals surface area contributed by atoms with Gasteiger partial charge in [-0.15, -0.1) is 0 Å². The predicted molar refractivity (Wildman–Crippen MR) is 122 cm³/mol. The van der Waals surface area contributed by atoms with Crippen molar-refractivity contribution in [3.05, 3.63) is 76.7 Å². The lowest BCUT2D eigenvalue weighted by atomic mass is 10.0. The normalized spacial score (nSPS) is 16.9. The Bertz CT molecular complexity index is 1130. The molecule has 3 aromatic rings. The highest BCUT2D eigenvalue weighted by atomic mass is 32.2. The molecule has 0 radical (unpaired) electrons. The minimum absolute atomic E-state index is 0.0590. The second kappa shape index (κ2) is 8.13. The van der Waals surface area contributed by atoms with Gasteiger partial charge in [-0.2, -0.15) is 0 Å². The molecule has 1 aliphatic rings. The smallest absolute Gasteiger partial charge is 0.266 e. The topological polar surface area (TPSA) is 41.9 Å². The number of fused-ring (bicyclic) bond motifs is 1. The Kier molecular flexibility index (Phi) is 5.41. The van der Waals surface area contributed by atoms with Crippen LogP contribution >= 0.6 is 11.8 Å². The molecular formula is C24H22N2O2S. The van der Waals surface area contributed by atoms with Crippen molar-refractivity contribution >= 4 is 45.4 Å². The number of benzene rings is 3. The molecule has 4 rings (SSSR count). The van der Waals surface area contributed by atoms with E-state index in [9.17, 15) is 4.79 Å². The number of nitrogens with zero attached hydrogens (tertiary/aromatic N) is 2. The molecule has 4 nitrogen and oxygen atoms in total. The lowest BCUT2D eigenvalue weighted by Gasteiger charge is -2.11. The van der Waals surface area contributed by atoms with Crippen molar-refractivity contribution in [2.75, 3.05) is 13.7 Å². The number of aliphatic imine (C=N–C) groups is 1. The number of carbonyl (C=O) groups excluding carboxylic acids is 1. The molecule has 1 fully saturated rings. The molecule has 0 N–H and O–H groups in total. The quantitative estimate of drug-likeness (QED) is 0.520. The van der Waals surface area contributed by atoms with E-state index < -0.39 is 0 Å². The second-order valence-electron chi connectivity index (χ2n) is 6.84. The van der Waals surface area contributed by atoms with Gasteiger partial charge in [-0.05, 0) is 60.7 Å². The minimum Gasteiger partial charge on any atom is -0.493 e. The number of likely N-dealkylation sites (N-methyl/N-ethyl adjacent to an activating group) is 1. The first-order valence-corrected chi connectivity index (χ1v) is 10.4. The van der Waals surface area contributed by atoms with Crippen molar-refractivity contribution in [3.63, 3.8) is 0 Å². The van der Waals surface area contributed by atoms with Crippen molar-refractivity contribution < 1.29 is 9.53 Å². The summed E-state index contributed by atoms with van der Waals surface area (Å²) in [5, 5.41) is 2.84. The molecule has 146 valence electrons. The Balaban J connectivity index is 1.76. The molecule has 5 heteroatoms. The molecule has 29 heavy (non-hydrogen) atoms. The Hall–Kier alpha value is -3.05. The maximum Gasteiger partial charge on any atom is 0.266 e. The Labute approximate surface area is 174 Å². The Morgan fingerprint density at radius 3 is 2.59 bits per heavy atom. The van der Waals surface area contributed by atoms with E-state index in [4.69, 9.17) is 4.74 Å². The number of ether oxygens (including phenoxy) is 1. The van der Waals surface area contributed by atoms with Gasteiger partial charge in [0.2, 0.25) is 0 Å². The minimum atomic E-state index is -0.0590. The van der Waals surface area contributed by atoms with Crippen molar-refractivity contribution in [3.8, 4) is 5.75 Å². The van der Waals surface area contributed by atoms with E-state index in [1.807, 2.05) is 68.5 Å². The van der Waals surface area contributed by atoms with Gasteiger partial charge in [0.1, 0.15) is 5.75 Å². The molecule has 1 heterocycles. The second-order valence-corrected chi connectivity index (χ2v) is 7.85. The van der Waals surface area contributed by atoms with Crippen LogP contribution in [-0.2, 0) is 4.79 Å². The lowest BCUT2D eigenvalue weighted by Crippen LogP contribution is -2.23. The van der Waals surface area contributed by atoms with Crippen LogP contribution in [0.25, 0.3) is 16.8 Å². The molecule has 0 aromatic heterocycles. The summed E-state index contributed by atoms with van der Waals surface area (Å²) in [5.74, 6) is 0.718. The molecule has 3 aromatic carbocycles. The third kappa shape index (κ3) is 3.91. The molecule has 0 unspecified atom stereocenters. The Morgan fingerprint density at radius 1 is 1.07 bits per heavy atom. The fourth-order valence-electron chi connectivity index (χ4n) is 3.22. The van der Waals surface area contributed by atoms with Gasteiger partial charge >= 0.3 is 0 Å². The highest BCUT2D eigenvalue weighted by molar-refractivity contribution is 8.18. The van der Waals surface area contributed by atoms with Crippen molar-refractivity contribution in [1.82, 2.24) is 4.90 Å². The van der Waals surface area contributed by atoms with E-state index >= 15 is 0 Å². The number of hydrogen-bond acceptors (Lipinski definition) is 4. The van der Waals surface area contributed by atoms with Gasteiger partial charge in [0.25, 0.3) is 5.91 Å².